The molecule has 0 saturated heterocycles. The monoisotopic (exact) mass is 377 g/mol. The Balaban J connectivity index is 1.63. The average Bonchev–Trinajstić information content (AvgIpc) is 3.25. The van der Waals surface area contributed by atoms with Crippen LogP contribution in [-0.2, 0) is 16.4 Å². The predicted molar refractivity (Wildman–Crippen MR) is 98.6 cm³/mol. The number of thiophene rings is 1. The van der Waals surface area contributed by atoms with Crippen LogP contribution in [0.1, 0.15) is 10.4 Å². The minimum Gasteiger partial charge on any atom is -0.497 e. The Bertz CT molecular complexity index is 943. The average molecular weight is 377 g/mol. The zero-order valence-electron chi connectivity index (χ0n) is 14.0. The van der Waals surface area contributed by atoms with Crippen LogP contribution in [-0.4, -0.2) is 22.1 Å². The van der Waals surface area contributed by atoms with Crippen molar-refractivity contribution in [3.8, 4) is 16.2 Å². The minimum absolute atomic E-state index is 0.276. The molecule has 3 aromatic rings. The molecule has 2 aromatic heterocycles. The van der Waals surface area contributed by atoms with Crippen molar-refractivity contribution in [2.45, 2.75) is 18.2 Å². The first-order valence-electron chi connectivity index (χ1n) is 7.75. The molecule has 0 fully saturated rings. The number of hydrogen-bond acceptors (Lipinski definition) is 5. The highest BCUT2D eigenvalue weighted by Gasteiger charge is 2.17. The van der Waals surface area contributed by atoms with Crippen LogP contribution in [0, 0.1) is 6.92 Å². The van der Waals surface area contributed by atoms with Gasteiger partial charge < -0.3 is 9.15 Å². The molecule has 0 spiro atoms. The molecule has 2 heterocycles. The third kappa shape index (κ3) is 4.12. The fourth-order valence-corrected chi connectivity index (χ4v) is 4.76. The van der Waals surface area contributed by atoms with Gasteiger partial charge in [-0.15, -0.1) is 11.3 Å². The summed E-state index contributed by atoms with van der Waals surface area (Å²) in [5, 5.41) is 0. The summed E-state index contributed by atoms with van der Waals surface area (Å²) in [6.07, 6.45) is 3.97. The van der Waals surface area contributed by atoms with Gasteiger partial charge in [-0.1, -0.05) is 0 Å². The van der Waals surface area contributed by atoms with Gasteiger partial charge in [0.05, 0.1) is 24.5 Å². The number of hydrogen-bond donors (Lipinski definition) is 1. The molecule has 132 valence electrons. The van der Waals surface area contributed by atoms with Crippen molar-refractivity contribution < 1.29 is 17.6 Å². The van der Waals surface area contributed by atoms with E-state index in [9.17, 15) is 8.42 Å². The third-order valence-corrected chi connectivity index (χ3v) is 6.62. The second-order valence-electron chi connectivity index (χ2n) is 5.56. The van der Waals surface area contributed by atoms with E-state index in [0.717, 1.165) is 15.3 Å². The van der Waals surface area contributed by atoms with Gasteiger partial charge in [0.25, 0.3) is 0 Å². The Hall–Kier alpha value is -2.09. The summed E-state index contributed by atoms with van der Waals surface area (Å²) < 4.78 is 37.8. The van der Waals surface area contributed by atoms with Crippen LogP contribution >= 0.6 is 11.3 Å². The molecule has 0 aliphatic rings. The van der Waals surface area contributed by atoms with Gasteiger partial charge in [-0.2, -0.15) is 0 Å². The van der Waals surface area contributed by atoms with E-state index in [-0.39, 0.29) is 4.90 Å². The smallest absolute Gasteiger partial charge is 0.240 e. The van der Waals surface area contributed by atoms with Crippen LogP contribution in [0.3, 0.4) is 0 Å². The van der Waals surface area contributed by atoms with Crippen molar-refractivity contribution in [1.29, 1.82) is 0 Å². The lowest BCUT2D eigenvalue weighted by Crippen LogP contribution is -2.26. The van der Waals surface area contributed by atoms with Gasteiger partial charge in [-0.3, -0.25) is 0 Å². The molecular formula is C18H19NO4S2. The van der Waals surface area contributed by atoms with Crippen LogP contribution in [0.5, 0.6) is 5.75 Å². The van der Waals surface area contributed by atoms with Gasteiger partial charge in [0, 0.05) is 21.9 Å². The minimum atomic E-state index is -3.54. The Kier molecular flexibility index (Phi) is 5.27. The van der Waals surface area contributed by atoms with E-state index in [1.54, 1.807) is 56.1 Å². The highest BCUT2D eigenvalue weighted by atomic mass is 32.2. The Morgan fingerprint density at radius 3 is 2.72 bits per heavy atom. The lowest BCUT2D eigenvalue weighted by atomic mass is 10.2. The normalized spacial score (nSPS) is 11.6. The molecule has 0 saturated carbocycles. The number of nitrogens with one attached hydrogen (secondary N) is 1. The molecule has 3 rings (SSSR count). The van der Waals surface area contributed by atoms with Gasteiger partial charge in [0.2, 0.25) is 10.0 Å². The zero-order valence-corrected chi connectivity index (χ0v) is 15.6. The Labute approximate surface area is 151 Å². The van der Waals surface area contributed by atoms with E-state index < -0.39 is 10.0 Å². The summed E-state index contributed by atoms with van der Waals surface area (Å²) in [4.78, 5) is 2.50. The maximum Gasteiger partial charge on any atom is 0.240 e. The van der Waals surface area contributed by atoms with Crippen LogP contribution in [0.15, 0.2) is 58.2 Å². The summed E-state index contributed by atoms with van der Waals surface area (Å²) in [7, 11) is -1.98. The number of sulfonamides is 1. The highest BCUT2D eigenvalue weighted by Crippen LogP contribution is 2.28. The number of aryl methyl sites for hydroxylation is 1. The molecule has 0 aliphatic carbocycles. The largest absolute Gasteiger partial charge is 0.497 e. The quantitative estimate of drug-likeness (QED) is 0.679. The standard InChI is InChI=1S/C18H19NO4S2/c1-13-11-15(22-2)3-6-18(13)25(20,21)19-9-7-16-4-5-17(24-16)14-8-10-23-12-14/h3-6,8,10-12,19H,7,9H2,1-2H3. The lowest BCUT2D eigenvalue weighted by Gasteiger charge is -2.10. The van der Waals surface area contributed by atoms with Crippen molar-refractivity contribution in [3.05, 3.63) is 59.4 Å². The molecule has 0 atom stereocenters. The summed E-state index contributed by atoms with van der Waals surface area (Å²) in [5.41, 5.74) is 1.69. The summed E-state index contributed by atoms with van der Waals surface area (Å²) in [6.45, 7) is 2.10. The molecule has 5 nitrogen and oxygen atoms in total. The molecule has 1 aromatic carbocycles. The maximum absolute atomic E-state index is 12.5. The second kappa shape index (κ2) is 7.43. The fourth-order valence-electron chi connectivity index (χ4n) is 2.51. The molecule has 0 amide bonds. The molecule has 0 radical (unpaired) electrons. The Morgan fingerprint density at radius 1 is 1.20 bits per heavy atom. The van der Waals surface area contributed by atoms with Crippen molar-refractivity contribution in [2.24, 2.45) is 0 Å². The van der Waals surface area contributed by atoms with E-state index in [1.807, 2.05) is 18.2 Å². The van der Waals surface area contributed by atoms with Crippen molar-refractivity contribution in [2.75, 3.05) is 13.7 Å². The number of furan rings is 1. The van der Waals surface area contributed by atoms with E-state index in [4.69, 9.17) is 9.15 Å². The zero-order chi connectivity index (χ0) is 17.9. The first-order chi connectivity index (χ1) is 12.0. The molecule has 25 heavy (non-hydrogen) atoms. The number of methoxy groups -OCH3 is 1. The second-order valence-corrected chi connectivity index (χ2v) is 8.46. The molecule has 1 N–H and O–H groups in total. The SMILES string of the molecule is COc1ccc(S(=O)(=O)NCCc2ccc(-c3ccoc3)s2)c(C)c1. The number of rotatable bonds is 7. The van der Waals surface area contributed by atoms with Gasteiger partial charge in [-0.05, 0) is 55.3 Å². The van der Waals surface area contributed by atoms with Crippen molar-refractivity contribution in [1.82, 2.24) is 4.72 Å². The van der Waals surface area contributed by atoms with Crippen LogP contribution in [0.4, 0.5) is 0 Å². The van der Waals surface area contributed by atoms with Gasteiger partial charge in [0.1, 0.15) is 5.75 Å². The van der Waals surface area contributed by atoms with Crippen molar-refractivity contribution >= 4 is 21.4 Å². The molecule has 0 aliphatic heterocycles. The summed E-state index contributed by atoms with van der Waals surface area (Å²) in [6, 6.07) is 10.9. The number of ether oxygens (including phenoxy) is 1. The van der Waals surface area contributed by atoms with Crippen LogP contribution in [0.25, 0.3) is 10.4 Å². The van der Waals surface area contributed by atoms with E-state index in [1.165, 1.54) is 0 Å². The topological polar surface area (TPSA) is 68.5 Å². The summed E-state index contributed by atoms with van der Waals surface area (Å²) >= 11 is 1.63. The lowest BCUT2D eigenvalue weighted by molar-refractivity contribution is 0.414. The maximum atomic E-state index is 12.5. The van der Waals surface area contributed by atoms with Crippen molar-refractivity contribution in [3.63, 3.8) is 0 Å². The first kappa shape index (κ1) is 17.7. The predicted octanol–water partition coefficient (Wildman–Crippen LogP) is 3.85. The van der Waals surface area contributed by atoms with Gasteiger partial charge in [-0.25, -0.2) is 13.1 Å². The van der Waals surface area contributed by atoms with Gasteiger partial charge >= 0.3 is 0 Å². The van der Waals surface area contributed by atoms with Gasteiger partial charge in [0.15, 0.2) is 0 Å². The first-order valence-corrected chi connectivity index (χ1v) is 10.0. The number of benzene rings is 1. The fraction of sp³-hybridized carbons (Fsp3) is 0.222. The van der Waals surface area contributed by atoms with Crippen LogP contribution < -0.4 is 9.46 Å². The molecule has 0 bridgehead atoms. The molecular weight excluding hydrogens is 358 g/mol. The highest BCUT2D eigenvalue weighted by molar-refractivity contribution is 7.89. The van der Waals surface area contributed by atoms with Crippen LogP contribution in [0.2, 0.25) is 0 Å². The Morgan fingerprint density at radius 2 is 2.04 bits per heavy atom. The van der Waals surface area contributed by atoms with E-state index in [0.29, 0.717) is 24.3 Å². The summed E-state index contributed by atoms with van der Waals surface area (Å²) in [5.74, 6) is 0.641. The molecule has 0 unspecified atom stereocenters. The van der Waals surface area contributed by atoms with E-state index >= 15 is 0 Å². The van der Waals surface area contributed by atoms with E-state index in [2.05, 4.69) is 4.72 Å². The molecule has 7 heteroatoms. The third-order valence-electron chi connectivity index (χ3n) is 3.80.